The van der Waals surface area contributed by atoms with Gasteiger partial charge in [-0.25, -0.2) is 0 Å². The maximum Gasteiger partial charge on any atom is 0.163 e. The molecule has 5 rings (SSSR count). The van der Waals surface area contributed by atoms with Gasteiger partial charge >= 0.3 is 0 Å². The van der Waals surface area contributed by atoms with Gasteiger partial charge in [-0.1, -0.05) is 35.9 Å². The second-order valence-electron chi connectivity index (χ2n) is 9.13. The molecule has 2 N–H and O–H groups in total. The molecule has 2 aliphatic rings. The molecule has 1 heterocycles. The summed E-state index contributed by atoms with van der Waals surface area (Å²) in [6.45, 7) is 4.96. The highest BCUT2D eigenvalue weighted by molar-refractivity contribution is 6.32. The normalized spacial score (nSPS) is 18.6. The molecule has 1 aliphatic heterocycles. The van der Waals surface area contributed by atoms with Crippen LogP contribution in [0.4, 0.5) is 11.4 Å². The van der Waals surface area contributed by atoms with Crippen LogP contribution in [0, 0.1) is 0 Å². The van der Waals surface area contributed by atoms with Crippen LogP contribution < -0.4 is 24.8 Å². The molecule has 3 aromatic carbocycles. The van der Waals surface area contributed by atoms with Crippen molar-refractivity contribution in [2.75, 3.05) is 31.0 Å². The highest BCUT2D eigenvalue weighted by Crippen LogP contribution is 2.46. The molecule has 2 atom stereocenters. The number of allylic oxidation sites excluding steroid dienone is 1. The second kappa shape index (κ2) is 10.8. The molecule has 1 aliphatic carbocycles. The zero-order valence-corrected chi connectivity index (χ0v) is 22.0. The lowest BCUT2D eigenvalue weighted by Gasteiger charge is -2.30. The van der Waals surface area contributed by atoms with Gasteiger partial charge in [0.2, 0.25) is 0 Å². The number of fused-ring (bicyclic) bond motifs is 1. The number of nitrogens with one attached hydrogen (secondary N) is 2. The van der Waals surface area contributed by atoms with Crippen molar-refractivity contribution in [3.63, 3.8) is 0 Å². The van der Waals surface area contributed by atoms with Crippen molar-refractivity contribution >= 4 is 28.8 Å². The summed E-state index contributed by atoms with van der Waals surface area (Å²) in [7, 11) is 1.64. The largest absolute Gasteiger partial charge is 0.493 e. The summed E-state index contributed by atoms with van der Waals surface area (Å²) in [5.41, 5.74) is 5.49. The fourth-order valence-electron chi connectivity index (χ4n) is 5.16. The first-order valence-corrected chi connectivity index (χ1v) is 13.0. The van der Waals surface area contributed by atoms with E-state index >= 15 is 0 Å². The number of para-hydroxylation sites is 2. The lowest BCUT2D eigenvalue weighted by Crippen LogP contribution is -2.27. The number of ketones is 1. The van der Waals surface area contributed by atoms with E-state index in [1.54, 1.807) is 7.11 Å². The fraction of sp³-hybridized carbons (Fsp3) is 0.300. The zero-order chi connectivity index (χ0) is 25.9. The minimum atomic E-state index is -0.345. The summed E-state index contributed by atoms with van der Waals surface area (Å²) in [6.07, 6.45) is 1.09. The minimum Gasteiger partial charge on any atom is -0.493 e. The van der Waals surface area contributed by atoms with Gasteiger partial charge < -0.3 is 24.8 Å². The Morgan fingerprint density at radius 2 is 1.57 bits per heavy atom. The molecule has 6 nitrogen and oxygen atoms in total. The van der Waals surface area contributed by atoms with Crippen molar-refractivity contribution in [2.45, 2.75) is 38.6 Å². The number of halogens is 1. The molecule has 0 spiro atoms. The Labute approximate surface area is 222 Å². The van der Waals surface area contributed by atoms with Crippen LogP contribution in [0.2, 0.25) is 5.02 Å². The smallest absolute Gasteiger partial charge is 0.163 e. The maximum absolute atomic E-state index is 13.8. The lowest BCUT2D eigenvalue weighted by atomic mass is 9.78. The quantitative estimate of drug-likeness (QED) is 0.347. The first-order valence-electron chi connectivity index (χ1n) is 12.6. The molecule has 0 saturated carbocycles. The SMILES string of the molecule is CCOc1ccc(C2Nc3ccccc3NC3=C2C(=O)CC(c2ccc(OCC)c(OC)c2)C3)cc1Cl. The van der Waals surface area contributed by atoms with Crippen molar-refractivity contribution < 1.29 is 19.0 Å². The molecule has 0 amide bonds. The van der Waals surface area contributed by atoms with E-state index in [2.05, 4.69) is 10.6 Å². The highest BCUT2D eigenvalue weighted by atomic mass is 35.5. The zero-order valence-electron chi connectivity index (χ0n) is 21.3. The third-order valence-corrected chi connectivity index (χ3v) is 7.15. The van der Waals surface area contributed by atoms with Crippen LogP contribution in [0.5, 0.6) is 17.2 Å². The molecule has 2 unspecified atom stereocenters. The van der Waals surface area contributed by atoms with Crippen LogP contribution in [0.15, 0.2) is 71.9 Å². The van der Waals surface area contributed by atoms with Gasteiger partial charge in [-0.05, 0) is 73.7 Å². The Morgan fingerprint density at radius 1 is 0.865 bits per heavy atom. The van der Waals surface area contributed by atoms with E-state index in [0.717, 1.165) is 33.8 Å². The van der Waals surface area contributed by atoms with E-state index in [0.29, 0.717) is 48.3 Å². The van der Waals surface area contributed by atoms with E-state index in [1.807, 2.05) is 74.5 Å². The van der Waals surface area contributed by atoms with Crippen LogP contribution in [-0.2, 0) is 4.79 Å². The number of carbonyl (C=O) groups is 1. The van der Waals surface area contributed by atoms with Gasteiger partial charge in [-0.2, -0.15) is 0 Å². The van der Waals surface area contributed by atoms with Crippen molar-refractivity contribution in [3.8, 4) is 17.2 Å². The van der Waals surface area contributed by atoms with Crippen molar-refractivity contribution in [3.05, 3.63) is 88.1 Å². The predicted octanol–water partition coefficient (Wildman–Crippen LogP) is 7.13. The summed E-state index contributed by atoms with van der Waals surface area (Å²) >= 11 is 6.56. The fourth-order valence-corrected chi connectivity index (χ4v) is 5.40. The molecule has 0 aromatic heterocycles. The standard InChI is InChI=1S/C30H31ClN2O4/c1-4-36-26-12-11-19(14-21(26)31)30-29-24(32-22-8-6-7-9-23(22)33-30)15-20(16-25(29)34)18-10-13-27(37-5-2)28(17-18)35-3/h6-14,17,20,30,32-33H,4-5,15-16H2,1-3H3. The topological polar surface area (TPSA) is 68.8 Å². The molecule has 3 aromatic rings. The minimum absolute atomic E-state index is 0.0122. The van der Waals surface area contributed by atoms with Gasteiger partial charge in [0.1, 0.15) is 5.75 Å². The Hall–Kier alpha value is -3.64. The van der Waals surface area contributed by atoms with Crippen molar-refractivity contribution in [1.82, 2.24) is 0 Å². The Balaban J connectivity index is 1.55. The van der Waals surface area contributed by atoms with E-state index in [9.17, 15) is 4.79 Å². The molecule has 0 saturated heterocycles. The second-order valence-corrected chi connectivity index (χ2v) is 9.54. The molecular weight excluding hydrogens is 488 g/mol. The van der Waals surface area contributed by atoms with Crippen LogP contribution in [0.3, 0.4) is 0 Å². The molecule has 0 fully saturated rings. The monoisotopic (exact) mass is 518 g/mol. The first-order chi connectivity index (χ1) is 18.0. The number of rotatable bonds is 7. The lowest BCUT2D eigenvalue weighted by molar-refractivity contribution is -0.116. The van der Waals surface area contributed by atoms with Crippen LogP contribution in [-0.4, -0.2) is 26.1 Å². The van der Waals surface area contributed by atoms with Gasteiger partial charge in [0.05, 0.1) is 42.8 Å². The van der Waals surface area contributed by atoms with Gasteiger partial charge in [-0.3, -0.25) is 4.79 Å². The maximum atomic E-state index is 13.8. The number of methoxy groups -OCH3 is 1. The number of hydrogen-bond donors (Lipinski definition) is 2. The van der Waals surface area contributed by atoms with Crippen molar-refractivity contribution in [2.24, 2.45) is 0 Å². The summed E-state index contributed by atoms with van der Waals surface area (Å²) in [4.78, 5) is 13.8. The van der Waals surface area contributed by atoms with Crippen molar-refractivity contribution in [1.29, 1.82) is 0 Å². The van der Waals surface area contributed by atoms with Gasteiger partial charge in [-0.15, -0.1) is 0 Å². The summed E-state index contributed by atoms with van der Waals surface area (Å²) in [5.74, 6) is 2.12. The van der Waals surface area contributed by atoms with Crippen LogP contribution >= 0.6 is 11.6 Å². The van der Waals surface area contributed by atoms with E-state index in [1.165, 1.54) is 0 Å². The van der Waals surface area contributed by atoms with Gasteiger partial charge in [0.15, 0.2) is 17.3 Å². The van der Waals surface area contributed by atoms with Crippen LogP contribution in [0.25, 0.3) is 0 Å². The third-order valence-electron chi connectivity index (χ3n) is 6.86. The molecule has 192 valence electrons. The molecule has 7 heteroatoms. The number of benzene rings is 3. The van der Waals surface area contributed by atoms with Gasteiger partial charge in [0, 0.05) is 17.7 Å². The highest BCUT2D eigenvalue weighted by Gasteiger charge is 2.36. The van der Waals surface area contributed by atoms with Crippen LogP contribution in [0.1, 0.15) is 49.8 Å². The number of carbonyl (C=O) groups excluding carboxylic acids is 1. The van der Waals surface area contributed by atoms with E-state index in [4.69, 9.17) is 25.8 Å². The Morgan fingerprint density at radius 3 is 2.30 bits per heavy atom. The number of hydrogen-bond acceptors (Lipinski definition) is 6. The Kier molecular flexibility index (Phi) is 7.28. The predicted molar refractivity (Wildman–Crippen MR) is 147 cm³/mol. The number of Topliss-reactive ketones (excluding diaryl/α,β-unsaturated/α-hetero) is 1. The van der Waals surface area contributed by atoms with E-state index in [-0.39, 0.29) is 17.7 Å². The molecule has 37 heavy (non-hydrogen) atoms. The number of ether oxygens (including phenoxy) is 3. The van der Waals surface area contributed by atoms with E-state index < -0.39 is 0 Å². The Bertz CT molecular complexity index is 1350. The first kappa shape index (κ1) is 25.0. The van der Waals surface area contributed by atoms with Gasteiger partial charge in [0.25, 0.3) is 0 Å². The average Bonchev–Trinajstić information content (AvgIpc) is 3.07. The average molecular weight is 519 g/mol. The molecule has 0 bridgehead atoms. The number of anilines is 2. The summed E-state index contributed by atoms with van der Waals surface area (Å²) < 4.78 is 16.9. The third kappa shape index (κ3) is 4.98. The molecular formula is C30H31ClN2O4. The summed E-state index contributed by atoms with van der Waals surface area (Å²) in [5, 5.41) is 7.71. The molecule has 0 radical (unpaired) electrons. The summed E-state index contributed by atoms with van der Waals surface area (Å²) in [6, 6.07) is 19.3.